The summed E-state index contributed by atoms with van der Waals surface area (Å²) in [5.41, 5.74) is 0.909. The minimum atomic E-state index is -1.02. The van der Waals surface area contributed by atoms with E-state index in [0.29, 0.717) is 0 Å². The van der Waals surface area contributed by atoms with Gasteiger partial charge in [0.25, 0.3) is 0 Å². The molecule has 6 heteroatoms. The highest BCUT2D eigenvalue weighted by Crippen LogP contribution is 2.02. The first-order valence-corrected chi connectivity index (χ1v) is 5.86. The molecule has 0 aliphatic carbocycles. The third kappa shape index (κ3) is 5.29. The third-order valence-corrected chi connectivity index (χ3v) is 2.61. The summed E-state index contributed by atoms with van der Waals surface area (Å²) < 4.78 is 5.10. The molecule has 1 aromatic rings. The van der Waals surface area contributed by atoms with Crippen molar-refractivity contribution in [2.45, 2.75) is 6.61 Å². The zero-order valence-corrected chi connectivity index (χ0v) is 11.1. The minimum Gasteiger partial charge on any atom is -0.465 e. The number of carbonyl (C=O) groups excluding carboxylic acids is 1. The Balaban J connectivity index is 2.31. The SMILES string of the molecule is CN(CCN(C)C(=O)OCc1ccccc1)C(=O)O. The van der Waals surface area contributed by atoms with E-state index in [4.69, 9.17) is 9.84 Å². The predicted octanol–water partition coefficient (Wildman–Crippen LogP) is 1.86. The van der Waals surface area contributed by atoms with Crippen molar-refractivity contribution < 1.29 is 19.4 Å². The number of likely N-dealkylation sites (N-methyl/N-ethyl adjacent to an activating group) is 2. The van der Waals surface area contributed by atoms with Crippen molar-refractivity contribution in [2.24, 2.45) is 0 Å². The van der Waals surface area contributed by atoms with Gasteiger partial charge in [-0.1, -0.05) is 30.3 Å². The Bertz CT molecular complexity index is 422. The van der Waals surface area contributed by atoms with Gasteiger partial charge in [-0.05, 0) is 5.56 Å². The summed E-state index contributed by atoms with van der Waals surface area (Å²) in [6.45, 7) is 0.738. The second kappa shape index (κ2) is 7.25. The molecule has 104 valence electrons. The van der Waals surface area contributed by atoms with Gasteiger partial charge >= 0.3 is 12.2 Å². The normalized spacial score (nSPS) is 9.79. The number of hydrogen-bond acceptors (Lipinski definition) is 3. The fourth-order valence-electron chi connectivity index (χ4n) is 1.32. The number of rotatable bonds is 5. The van der Waals surface area contributed by atoms with Gasteiger partial charge in [0.2, 0.25) is 0 Å². The molecule has 0 saturated carbocycles. The molecule has 0 heterocycles. The third-order valence-electron chi connectivity index (χ3n) is 2.61. The van der Waals surface area contributed by atoms with Gasteiger partial charge in [-0.25, -0.2) is 9.59 Å². The maximum absolute atomic E-state index is 11.6. The number of ether oxygens (including phenoxy) is 1. The number of carbonyl (C=O) groups is 2. The van der Waals surface area contributed by atoms with Crippen LogP contribution in [0.5, 0.6) is 0 Å². The Morgan fingerprint density at radius 1 is 1.11 bits per heavy atom. The van der Waals surface area contributed by atoms with Crippen LogP contribution < -0.4 is 0 Å². The van der Waals surface area contributed by atoms with E-state index in [0.717, 1.165) is 10.5 Å². The van der Waals surface area contributed by atoms with Crippen molar-refractivity contribution in [1.82, 2.24) is 9.80 Å². The average Bonchev–Trinajstić information content (AvgIpc) is 2.42. The molecule has 0 saturated heterocycles. The number of carboxylic acid groups (broad SMARTS) is 1. The molecule has 0 spiro atoms. The quantitative estimate of drug-likeness (QED) is 0.883. The minimum absolute atomic E-state index is 0.207. The van der Waals surface area contributed by atoms with E-state index in [1.807, 2.05) is 30.3 Å². The molecule has 1 rings (SSSR count). The highest BCUT2D eigenvalue weighted by molar-refractivity contribution is 5.67. The highest BCUT2D eigenvalue weighted by Gasteiger charge is 2.12. The molecule has 0 bridgehead atoms. The fourth-order valence-corrected chi connectivity index (χ4v) is 1.32. The van der Waals surface area contributed by atoms with Crippen LogP contribution in [0.1, 0.15) is 5.56 Å². The lowest BCUT2D eigenvalue weighted by atomic mass is 10.2. The molecule has 0 aliphatic heterocycles. The lowest BCUT2D eigenvalue weighted by Crippen LogP contribution is -2.36. The Morgan fingerprint density at radius 2 is 1.68 bits per heavy atom. The Hall–Kier alpha value is -2.24. The topological polar surface area (TPSA) is 70.1 Å². The van der Waals surface area contributed by atoms with E-state index in [1.54, 1.807) is 7.05 Å². The molecule has 0 fully saturated rings. The van der Waals surface area contributed by atoms with Crippen LogP contribution in [0.4, 0.5) is 9.59 Å². The van der Waals surface area contributed by atoms with Crippen LogP contribution in [0.2, 0.25) is 0 Å². The second-order valence-electron chi connectivity index (χ2n) is 4.17. The largest absolute Gasteiger partial charge is 0.465 e. The first-order valence-electron chi connectivity index (χ1n) is 5.86. The summed E-state index contributed by atoms with van der Waals surface area (Å²) in [7, 11) is 3.02. The molecule has 0 radical (unpaired) electrons. The zero-order chi connectivity index (χ0) is 14.3. The highest BCUT2D eigenvalue weighted by atomic mass is 16.6. The Labute approximate surface area is 112 Å². The molecule has 0 atom stereocenters. The Morgan fingerprint density at radius 3 is 2.26 bits per heavy atom. The van der Waals surface area contributed by atoms with Crippen LogP contribution in [-0.2, 0) is 11.3 Å². The van der Waals surface area contributed by atoms with Crippen LogP contribution in [0, 0.1) is 0 Å². The standard InChI is InChI=1S/C13H18N2O4/c1-14(12(16)17)8-9-15(2)13(18)19-10-11-6-4-3-5-7-11/h3-7H,8-10H2,1-2H3,(H,16,17). The number of benzene rings is 1. The van der Waals surface area contributed by atoms with Gasteiger partial charge in [0.15, 0.2) is 0 Å². The van der Waals surface area contributed by atoms with Crippen molar-refractivity contribution in [3.05, 3.63) is 35.9 Å². The molecule has 2 amide bonds. The summed E-state index contributed by atoms with van der Waals surface area (Å²) in [4.78, 5) is 24.7. The zero-order valence-electron chi connectivity index (χ0n) is 11.1. The molecule has 0 aliphatic rings. The first-order chi connectivity index (χ1) is 9.00. The van der Waals surface area contributed by atoms with Crippen LogP contribution in [0.3, 0.4) is 0 Å². The molecular formula is C13H18N2O4. The lowest BCUT2D eigenvalue weighted by molar-refractivity contribution is 0.0998. The Kier molecular flexibility index (Phi) is 5.66. The van der Waals surface area contributed by atoms with Gasteiger partial charge < -0.3 is 19.6 Å². The van der Waals surface area contributed by atoms with Gasteiger partial charge in [0, 0.05) is 27.2 Å². The van der Waals surface area contributed by atoms with Gasteiger partial charge in [0.1, 0.15) is 6.61 Å². The first kappa shape index (κ1) is 14.8. The summed E-state index contributed by atoms with van der Waals surface area (Å²) in [6.07, 6.45) is -1.49. The smallest absolute Gasteiger partial charge is 0.409 e. The van der Waals surface area contributed by atoms with Crippen molar-refractivity contribution in [2.75, 3.05) is 27.2 Å². The summed E-state index contributed by atoms with van der Waals surface area (Å²) in [6, 6.07) is 9.36. The van der Waals surface area contributed by atoms with E-state index in [-0.39, 0.29) is 19.7 Å². The molecule has 19 heavy (non-hydrogen) atoms. The molecule has 1 aromatic carbocycles. The van der Waals surface area contributed by atoms with Crippen molar-refractivity contribution >= 4 is 12.2 Å². The summed E-state index contributed by atoms with van der Waals surface area (Å²) in [5, 5.41) is 8.68. The van der Waals surface area contributed by atoms with E-state index in [9.17, 15) is 9.59 Å². The maximum atomic E-state index is 11.6. The van der Waals surface area contributed by atoms with E-state index < -0.39 is 12.2 Å². The van der Waals surface area contributed by atoms with Crippen LogP contribution in [0.15, 0.2) is 30.3 Å². The van der Waals surface area contributed by atoms with Crippen molar-refractivity contribution in [3.63, 3.8) is 0 Å². The van der Waals surface area contributed by atoms with Crippen LogP contribution in [-0.4, -0.2) is 54.3 Å². The molecule has 6 nitrogen and oxygen atoms in total. The van der Waals surface area contributed by atoms with E-state index in [2.05, 4.69) is 0 Å². The number of amides is 2. The summed E-state index contributed by atoms with van der Waals surface area (Å²) in [5.74, 6) is 0. The average molecular weight is 266 g/mol. The van der Waals surface area contributed by atoms with E-state index in [1.165, 1.54) is 11.9 Å². The number of nitrogens with zero attached hydrogens (tertiary/aromatic N) is 2. The number of hydrogen-bond donors (Lipinski definition) is 1. The molecular weight excluding hydrogens is 248 g/mol. The second-order valence-corrected chi connectivity index (χ2v) is 4.17. The lowest BCUT2D eigenvalue weighted by Gasteiger charge is -2.20. The molecule has 0 unspecified atom stereocenters. The van der Waals surface area contributed by atoms with Crippen LogP contribution >= 0.6 is 0 Å². The van der Waals surface area contributed by atoms with Gasteiger partial charge in [0.05, 0.1) is 0 Å². The predicted molar refractivity (Wildman–Crippen MR) is 69.9 cm³/mol. The maximum Gasteiger partial charge on any atom is 0.409 e. The molecule has 1 N–H and O–H groups in total. The fraction of sp³-hybridized carbons (Fsp3) is 0.385. The monoisotopic (exact) mass is 266 g/mol. The van der Waals surface area contributed by atoms with E-state index >= 15 is 0 Å². The van der Waals surface area contributed by atoms with Crippen molar-refractivity contribution in [1.29, 1.82) is 0 Å². The van der Waals surface area contributed by atoms with Gasteiger partial charge in [-0.2, -0.15) is 0 Å². The van der Waals surface area contributed by atoms with Crippen LogP contribution in [0.25, 0.3) is 0 Å². The van der Waals surface area contributed by atoms with Gasteiger partial charge in [-0.15, -0.1) is 0 Å². The van der Waals surface area contributed by atoms with Crippen molar-refractivity contribution in [3.8, 4) is 0 Å². The van der Waals surface area contributed by atoms with Gasteiger partial charge in [-0.3, -0.25) is 0 Å². The summed E-state index contributed by atoms with van der Waals surface area (Å²) >= 11 is 0. The molecule has 0 aromatic heterocycles.